The van der Waals surface area contributed by atoms with Gasteiger partial charge in [-0.15, -0.1) is 0 Å². The fourth-order valence-electron chi connectivity index (χ4n) is 2.18. The third kappa shape index (κ3) is 3.53. The summed E-state index contributed by atoms with van der Waals surface area (Å²) in [5, 5.41) is 11.6. The largest absolute Gasteiger partial charge is 0.388 e. The van der Waals surface area contributed by atoms with E-state index in [9.17, 15) is 5.11 Å². The normalized spacial score (nSPS) is 12.4. The molecule has 1 N–H and O–H groups in total. The van der Waals surface area contributed by atoms with E-state index >= 15 is 0 Å². The fraction of sp³-hybridized carbons (Fsp3) is 0.250. The number of ether oxygens (including phenoxy) is 1. The van der Waals surface area contributed by atoms with Crippen LogP contribution >= 0.6 is 23.2 Å². The van der Waals surface area contributed by atoms with E-state index in [1.165, 1.54) is 0 Å². The predicted molar refractivity (Wildman–Crippen MR) is 82.3 cm³/mol. The number of hydrogen-bond acceptors (Lipinski definition) is 2. The Labute approximate surface area is 128 Å². The molecule has 0 aromatic heterocycles. The smallest absolute Gasteiger partial charge is 0.0834 e. The highest BCUT2D eigenvalue weighted by molar-refractivity contribution is 6.36. The zero-order valence-corrected chi connectivity index (χ0v) is 12.7. The molecule has 0 radical (unpaired) electrons. The van der Waals surface area contributed by atoms with E-state index in [0.717, 1.165) is 16.7 Å². The molecular weight excluding hydrogens is 295 g/mol. The van der Waals surface area contributed by atoms with Crippen molar-refractivity contribution in [2.45, 2.75) is 19.1 Å². The van der Waals surface area contributed by atoms with Gasteiger partial charge in [0.1, 0.15) is 0 Å². The van der Waals surface area contributed by atoms with Crippen molar-refractivity contribution in [3.05, 3.63) is 69.2 Å². The van der Waals surface area contributed by atoms with Crippen molar-refractivity contribution in [1.82, 2.24) is 0 Å². The minimum Gasteiger partial charge on any atom is -0.388 e. The molecule has 2 nitrogen and oxygen atoms in total. The molecule has 0 heterocycles. The van der Waals surface area contributed by atoms with Crippen LogP contribution in [0.5, 0.6) is 0 Å². The second-order valence-electron chi connectivity index (χ2n) is 4.55. The number of aliphatic hydroxyl groups is 1. The summed E-state index contributed by atoms with van der Waals surface area (Å²) >= 11 is 12.3. The maximum atomic E-state index is 10.5. The molecule has 0 bridgehead atoms. The second kappa shape index (κ2) is 7.09. The summed E-state index contributed by atoms with van der Waals surface area (Å²) in [6, 6.07) is 13.0. The molecule has 0 saturated carbocycles. The molecule has 0 spiro atoms. The molecule has 4 heteroatoms. The summed E-state index contributed by atoms with van der Waals surface area (Å²) < 4.78 is 5.15. The number of hydrogen-bond donors (Lipinski definition) is 1. The van der Waals surface area contributed by atoms with Crippen molar-refractivity contribution in [3.8, 4) is 0 Å². The van der Waals surface area contributed by atoms with Gasteiger partial charge in [0.05, 0.1) is 12.7 Å². The van der Waals surface area contributed by atoms with Crippen molar-refractivity contribution >= 4 is 23.2 Å². The average molecular weight is 311 g/mol. The first-order valence-corrected chi connectivity index (χ1v) is 7.06. The van der Waals surface area contributed by atoms with Crippen molar-refractivity contribution in [2.24, 2.45) is 0 Å². The van der Waals surface area contributed by atoms with Gasteiger partial charge in [0, 0.05) is 23.6 Å². The van der Waals surface area contributed by atoms with E-state index in [1.807, 2.05) is 24.3 Å². The lowest BCUT2D eigenvalue weighted by Crippen LogP contribution is -2.07. The molecule has 2 aromatic rings. The Kier molecular flexibility index (Phi) is 5.44. The molecule has 20 heavy (non-hydrogen) atoms. The molecule has 0 amide bonds. The standard InChI is InChI=1S/C16H16Cl2O2/c1-20-10-11-5-2-3-6-12(11)16(19)9-13-14(17)7-4-8-15(13)18/h2-8,16,19H,9-10H2,1H3. The first kappa shape index (κ1) is 15.3. The van der Waals surface area contributed by atoms with Crippen LogP contribution in [0.3, 0.4) is 0 Å². The van der Waals surface area contributed by atoms with Crippen LogP contribution in [0.2, 0.25) is 10.0 Å². The van der Waals surface area contributed by atoms with Gasteiger partial charge >= 0.3 is 0 Å². The van der Waals surface area contributed by atoms with Crippen LogP contribution in [0, 0.1) is 0 Å². The van der Waals surface area contributed by atoms with Gasteiger partial charge in [0.25, 0.3) is 0 Å². The van der Waals surface area contributed by atoms with Crippen molar-refractivity contribution in [1.29, 1.82) is 0 Å². The van der Waals surface area contributed by atoms with Gasteiger partial charge < -0.3 is 9.84 Å². The highest BCUT2D eigenvalue weighted by atomic mass is 35.5. The highest BCUT2D eigenvalue weighted by Gasteiger charge is 2.16. The lowest BCUT2D eigenvalue weighted by Gasteiger charge is -2.16. The highest BCUT2D eigenvalue weighted by Crippen LogP contribution is 2.30. The maximum absolute atomic E-state index is 10.5. The van der Waals surface area contributed by atoms with Crippen molar-refractivity contribution in [3.63, 3.8) is 0 Å². The topological polar surface area (TPSA) is 29.5 Å². The number of benzene rings is 2. The van der Waals surface area contributed by atoms with E-state index in [4.69, 9.17) is 27.9 Å². The van der Waals surface area contributed by atoms with Gasteiger partial charge in [-0.2, -0.15) is 0 Å². The number of methoxy groups -OCH3 is 1. The fourth-order valence-corrected chi connectivity index (χ4v) is 2.73. The van der Waals surface area contributed by atoms with Gasteiger partial charge in [-0.05, 0) is 28.8 Å². The number of aliphatic hydroxyl groups excluding tert-OH is 1. The van der Waals surface area contributed by atoms with Crippen molar-refractivity contribution < 1.29 is 9.84 Å². The molecule has 1 unspecified atom stereocenters. The number of halogens is 2. The SMILES string of the molecule is COCc1ccccc1C(O)Cc1c(Cl)cccc1Cl. The minimum absolute atomic E-state index is 0.374. The zero-order valence-electron chi connectivity index (χ0n) is 11.1. The summed E-state index contributed by atoms with van der Waals surface area (Å²) in [4.78, 5) is 0. The molecule has 0 fully saturated rings. The summed E-state index contributed by atoms with van der Waals surface area (Å²) in [5.41, 5.74) is 2.56. The van der Waals surface area contributed by atoms with E-state index < -0.39 is 6.10 Å². The quantitative estimate of drug-likeness (QED) is 0.886. The molecule has 106 valence electrons. The summed E-state index contributed by atoms with van der Waals surface area (Å²) in [6.45, 7) is 0.462. The van der Waals surface area contributed by atoms with Gasteiger partial charge in [-0.25, -0.2) is 0 Å². The predicted octanol–water partition coefficient (Wildman–Crippen LogP) is 4.42. The summed E-state index contributed by atoms with van der Waals surface area (Å²) in [6.07, 6.45) is -0.294. The third-order valence-electron chi connectivity index (χ3n) is 3.17. The lowest BCUT2D eigenvalue weighted by atomic mass is 9.97. The van der Waals surface area contributed by atoms with Gasteiger partial charge in [0.2, 0.25) is 0 Å². The molecule has 0 aliphatic rings. The summed E-state index contributed by atoms with van der Waals surface area (Å²) in [5.74, 6) is 0. The number of rotatable bonds is 5. The van der Waals surface area contributed by atoms with Gasteiger partial charge in [-0.1, -0.05) is 53.5 Å². The third-order valence-corrected chi connectivity index (χ3v) is 3.88. The summed E-state index contributed by atoms with van der Waals surface area (Å²) in [7, 11) is 1.63. The monoisotopic (exact) mass is 310 g/mol. The van der Waals surface area contributed by atoms with Crippen LogP contribution in [0.1, 0.15) is 22.8 Å². The van der Waals surface area contributed by atoms with E-state index in [-0.39, 0.29) is 0 Å². The molecule has 0 aliphatic heterocycles. The Balaban J connectivity index is 2.26. The average Bonchev–Trinajstić information content (AvgIpc) is 2.44. The molecule has 1 atom stereocenters. The Morgan fingerprint density at radius 3 is 2.35 bits per heavy atom. The van der Waals surface area contributed by atoms with Crippen molar-refractivity contribution in [2.75, 3.05) is 7.11 Å². The molecular formula is C16H16Cl2O2. The van der Waals surface area contributed by atoms with E-state index in [1.54, 1.807) is 25.3 Å². The second-order valence-corrected chi connectivity index (χ2v) is 5.37. The molecule has 0 saturated heterocycles. The van der Waals surface area contributed by atoms with Crippen LogP contribution < -0.4 is 0 Å². The van der Waals surface area contributed by atoms with E-state index in [2.05, 4.69) is 0 Å². The van der Waals surface area contributed by atoms with Gasteiger partial charge in [0.15, 0.2) is 0 Å². The molecule has 2 rings (SSSR count). The Hall–Kier alpha value is -1.06. The Bertz CT molecular complexity index is 564. The van der Waals surface area contributed by atoms with Gasteiger partial charge in [-0.3, -0.25) is 0 Å². The lowest BCUT2D eigenvalue weighted by molar-refractivity contribution is 0.161. The van der Waals surface area contributed by atoms with Crippen LogP contribution in [0.15, 0.2) is 42.5 Å². The van der Waals surface area contributed by atoms with Crippen LogP contribution in [0.4, 0.5) is 0 Å². The Morgan fingerprint density at radius 2 is 1.70 bits per heavy atom. The van der Waals surface area contributed by atoms with Crippen LogP contribution in [-0.2, 0) is 17.8 Å². The van der Waals surface area contributed by atoms with E-state index in [0.29, 0.717) is 23.1 Å². The molecule has 2 aromatic carbocycles. The minimum atomic E-state index is -0.668. The first-order chi connectivity index (χ1) is 9.63. The zero-order chi connectivity index (χ0) is 14.5. The first-order valence-electron chi connectivity index (χ1n) is 6.31. The molecule has 0 aliphatic carbocycles. The van der Waals surface area contributed by atoms with Crippen LogP contribution in [0.25, 0.3) is 0 Å². The maximum Gasteiger partial charge on any atom is 0.0834 e. The Morgan fingerprint density at radius 1 is 1.05 bits per heavy atom. The van der Waals surface area contributed by atoms with Crippen LogP contribution in [-0.4, -0.2) is 12.2 Å².